The Balaban J connectivity index is 1.04. The minimum atomic E-state index is -0.227. The number of unbranched alkanes of at least 4 members (excludes halogenated alkanes) is 1. The van der Waals surface area contributed by atoms with Crippen LogP contribution in [0.25, 0.3) is 0 Å². The molecule has 3 aliphatic heterocycles. The van der Waals surface area contributed by atoms with Crippen LogP contribution in [0.1, 0.15) is 71.1 Å². The summed E-state index contributed by atoms with van der Waals surface area (Å²) in [7, 11) is 3.29. The van der Waals surface area contributed by atoms with Crippen LogP contribution in [0.2, 0.25) is 0 Å². The number of ether oxygens (including phenoxy) is 5. The molecular weight excluding hydrogens is 666 g/mol. The lowest BCUT2D eigenvalue weighted by atomic mass is 10.0. The molecule has 0 aromatic carbocycles. The number of urea groups is 1. The summed E-state index contributed by atoms with van der Waals surface area (Å²) in [6.07, 6.45) is 8.41. The summed E-state index contributed by atoms with van der Waals surface area (Å²) in [5.74, 6) is 0.998. The third-order valence-corrected chi connectivity index (χ3v) is 10.7. The number of hydrogen-bond acceptors (Lipinski definition) is 10. The molecule has 3 heterocycles. The van der Waals surface area contributed by atoms with E-state index in [1.54, 1.807) is 14.2 Å². The highest BCUT2D eigenvalue weighted by Crippen LogP contribution is 2.33. The second-order valence-corrected chi connectivity index (χ2v) is 14.2. The van der Waals surface area contributed by atoms with Crippen LogP contribution < -0.4 is 21.3 Å². The second-order valence-electron chi connectivity index (χ2n) is 13.0. The monoisotopic (exact) mass is 727 g/mol. The number of rotatable bonds is 25. The first-order chi connectivity index (χ1) is 24.3. The molecule has 5 amide bonds. The van der Waals surface area contributed by atoms with E-state index in [0.29, 0.717) is 103 Å². The Morgan fingerprint density at radius 3 is 2.12 bits per heavy atom. The molecule has 0 radical (unpaired) electrons. The van der Waals surface area contributed by atoms with Gasteiger partial charge in [-0.2, -0.15) is 11.8 Å². The van der Waals surface area contributed by atoms with Crippen molar-refractivity contribution < 1.29 is 42.9 Å². The van der Waals surface area contributed by atoms with E-state index in [1.807, 2.05) is 23.6 Å². The fraction of sp³-hybridized carbons (Fsp3) is 0.829. The number of carbonyl (C=O) groups is 4. The van der Waals surface area contributed by atoms with Crippen LogP contribution in [0.3, 0.4) is 0 Å². The molecule has 0 aromatic heterocycles. The maximum Gasteiger partial charge on any atom is 0.315 e. The van der Waals surface area contributed by atoms with E-state index in [-0.39, 0.29) is 48.0 Å². The number of fused-ring (bicyclic) bond motifs is 1. The topological polar surface area (TPSA) is 166 Å². The highest BCUT2D eigenvalue weighted by Gasteiger charge is 2.42. The second kappa shape index (κ2) is 24.7. The van der Waals surface area contributed by atoms with Crippen molar-refractivity contribution in [1.82, 2.24) is 26.2 Å². The largest absolute Gasteiger partial charge is 0.379 e. The van der Waals surface area contributed by atoms with Gasteiger partial charge in [-0.1, -0.05) is 12.5 Å². The van der Waals surface area contributed by atoms with Gasteiger partial charge in [-0.3, -0.25) is 14.4 Å². The fourth-order valence-electron chi connectivity index (χ4n) is 6.38. The number of nitrogens with one attached hydrogen (secondary N) is 4. The van der Waals surface area contributed by atoms with Crippen LogP contribution in [-0.2, 0) is 38.1 Å². The maximum absolute atomic E-state index is 12.8. The third kappa shape index (κ3) is 15.9. The molecule has 14 nitrogen and oxygen atoms in total. The minimum absolute atomic E-state index is 0.0294. The summed E-state index contributed by atoms with van der Waals surface area (Å²) in [5, 5.41) is 12.2. The highest BCUT2D eigenvalue weighted by atomic mass is 32.2. The summed E-state index contributed by atoms with van der Waals surface area (Å²) in [4.78, 5) is 50.4. The van der Waals surface area contributed by atoms with Gasteiger partial charge in [0, 0.05) is 83.9 Å². The zero-order valence-electron chi connectivity index (χ0n) is 30.3. The van der Waals surface area contributed by atoms with E-state index in [0.717, 1.165) is 43.4 Å². The molecule has 0 aromatic rings. The van der Waals surface area contributed by atoms with Crippen molar-refractivity contribution in [2.24, 2.45) is 0 Å². The van der Waals surface area contributed by atoms with Gasteiger partial charge >= 0.3 is 6.03 Å². The van der Waals surface area contributed by atoms with Crippen LogP contribution >= 0.6 is 11.8 Å². The number of thioether (sulfide) groups is 1. The zero-order valence-corrected chi connectivity index (χ0v) is 31.2. The van der Waals surface area contributed by atoms with Gasteiger partial charge in [0.1, 0.15) is 12.2 Å². The molecule has 0 spiro atoms. The normalized spacial score (nSPS) is 23.3. The van der Waals surface area contributed by atoms with Crippen molar-refractivity contribution >= 4 is 35.5 Å². The molecule has 3 rings (SSSR count). The maximum atomic E-state index is 12.8. The molecule has 5 atom stereocenters. The molecule has 2 saturated heterocycles. The quantitative estimate of drug-likeness (QED) is 0.0622. The Labute approximate surface area is 302 Å². The Kier molecular flexibility index (Phi) is 20.7. The Bertz CT molecular complexity index is 1070. The Morgan fingerprint density at radius 1 is 0.840 bits per heavy atom. The summed E-state index contributed by atoms with van der Waals surface area (Å²) in [6.45, 7) is 7.22. The number of carbonyl (C=O) groups excluding carboxylic acids is 4. The fourth-order valence-corrected chi connectivity index (χ4v) is 7.92. The Morgan fingerprint density at radius 2 is 1.48 bits per heavy atom. The first-order valence-corrected chi connectivity index (χ1v) is 19.3. The lowest BCUT2D eigenvalue weighted by Crippen LogP contribution is -2.45. The zero-order chi connectivity index (χ0) is 36.0. The van der Waals surface area contributed by atoms with Crippen molar-refractivity contribution in [3.63, 3.8) is 0 Å². The smallest absolute Gasteiger partial charge is 0.315 e. The van der Waals surface area contributed by atoms with E-state index >= 15 is 0 Å². The van der Waals surface area contributed by atoms with Crippen LogP contribution in [0.5, 0.6) is 0 Å². The minimum Gasteiger partial charge on any atom is -0.379 e. The molecule has 50 heavy (non-hydrogen) atoms. The van der Waals surface area contributed by atoms with E-state index in [4.69, 9.17) is 23.7 Å². The molecule has 0 unspecified atom stereocenters. The molecular formula is C35H61N5O9S. The standard InChI is InChI=1S/C35H61N5O9S/c1-26-10-7-17-40(24-28(45-2)34(26)46-3)32(43)14-6-13-31(42)37-16-9-19-48-21-23-49-22-20-47-18-8-15-36-30(41)12-5-4-11-29-33-27(25-50-29)38-35(44)39-33/h10,27-29,33-34H,4-9,11-25H2,1-3H3,(H,36,41)(H,37,42)(H2,38,39,44)/t27-,28-,29-,33-,34-/m0/s1. The van der Waals surface area contributed by atoms with Crippen LogP contribution in [-0.4, -0.2) is 144 Å². The average molecular weight is 728 g/mol. The first-order valence-electron chi connectivity index (χ1n) is 18.3. The van der Waals surface area contributed by atoms with Crippen LogP contribution in [0.15, 0.2) is 11.6 Å². The number of amides is 5. The molecule has 3 aliphatic rings. The van der Waals surface area contributed by atoms with Crippen LogP contribution in [0, 0.1) is 0 Å². The number of nitrogens with zero attached hydrogens (tertiary/aromatic N) is 1. The summed E-state index contributed by atoms with van der Waals surface area (Å²) in [5.41, 5.74) is 1.12. The molecule has 0 bridgehead atoms. The van der Waals surface area contributed by atoms with Gasteiger partial charge in [-0.25, -0.2) is 4.79 Å². The number of methoxy groups -OCH3 is 2. The molecule has 15 heteroatoms. The molecule has 286 valence electrons. The van der Waals surface area contributed by atoms with Crippen molar-refractivity contribution in [1.29, 1.82) is 0 Å². The first kappa shape index (κ1) is 42.0. The van der Waals surface area contributed by atoms with Gasteiger partial charge in [0.2, 0.25) is 17.7 Å². The van der Waals surface area contributed by atoms with E-state index < -0.39 is 0 Å². The summed E-state index contributed by atoms with van der Waals surface area (Å²) < 4.78 is 27.9. The van der Waals surface area contributed by atoms with E-state index in [2.05, 4.69) is 27.3 Å². The molecule has 2 fully saturated rings. The van der Waals surface area contributed by atoms with Crippen molar-refractivity contribution in [3.05, 3.63) is 11.6 Å². The summed E-state index contributed by atoms with van der Waals surface area (Å²) >= 11 is 1.90. The van der Waals surface area contributed by atoms with Crippen molar-refractivity contribution in [3.8, 4) is 0 Å². The van der Waals surface area contributed by atoms with Gasteiger partial charge in [0.25, 0.3) is 0 Å². The predicted molar refractivity (Wildman–Crippen MR) is 192 cm³/mol. The van der Waals surface area contributed by atoms with Crippen LogP contribution in [0.4, 0.5) is 4.79 Å². The van der Waals surface area contributed by atoms with Gasteiger partial charge in [-0.15, -0.1) is 0 Å². The average Bonchev–Trinajstić information content (AvgIpc) is 3.65. The lowest BCUT2D eigenvalue weighted by Gasteiger charge is -2.33. The van der Waals surface area contributed by atoms with Gasteiger partial charge in [0.05, 0.1) is 38.5 Å². The predicted octanol–water partition coefficient (Wildman–Crippen LogP) is 2.15. The third-order valence-electron chi connectivity index (χ3n) is 9.16. The number of hydrogen-bond donors (Lipinski definition) is 4. The SMILES string of the molecule is CO[C@H]1CN(C(=O)CCCC(=O)NCCCOCCOCCOCCCNC(=O)CCCC[C@@H]2SC[C@@H]3NC(=O)N[C@@H]32)CCC=C(C)[C@@H]1OC. The molecule has 4 N–H and O–H groups in total. The van der Waals surface area contributed by atoms with E-state index in [1.165, 1.54) is 0 Å². The molecule has 0 aliphatic carbocycles. The Hall–Kier alpha value is -2.43. The molecule has 0 saturated carbocycles. The van der Waals surface area contributed by atoms with Gasteiger partial charge in [-0.05, 0) is 51.0 Å². The lowest BCUT2D eigenvalue weighted by molar-refractivity contribution is -0.134. The summed E-state index contributed by atoms with van der Waals surface area (Å²) in [6, 6.07) is 0.407. The van der Waals surface area contributed by atoms with E-state index in [9.17, 15) is 19.2 Å². The van der Waals surface area contributed by atoms with Gasteiger partial charge in [0.15, 0.2) is 0 Å². The highest BCUT2D eigenvalue weighted by molar-refractivity contribution is 8.00. The van der Waals surface area contributed by atoms with Gasteiger partial charge < -0.3 is 49.9 Å². The van der Waals surface area contributed by atoms with Crippen molar-refractivity contribution in [2.45, 2.75) is 101 Å². The van der Waals surface area contributed by atoms with Crippen molar-refractivity contribution in [2.75, 3.05) is 85.8 Å².